The van der Waals surface area contributed by atoms with E-state index < -0.39 is 0 Å². The third-order valence-electron chi connectivity index (χ3n) is 5.80. The van der Waals surface area contributed by atoms with Crippen LogP contribution in [0.15, 0.2) is 12.1 Å². The number of rotatable bonds is 5. The minimum absolute atomic E-state index is 0.0524. The van der Waals surface area contributed by atoms with Gasteiger partial charge in [-0.25, -0.2) is 0 Å². The third-order valence-corrected chi connectivity index (χ3v) is 5.80. The molecule has 1 aromatic rings. The van der Waals surface area contributed by atoms with E-state index >= 15 is 0 Å². The first-order valence-corrected chi connectivity index (χ1v) is 9.05. The second-order valence-corrected chi connectivity index (χ2v) is 7.49. The van der Waals surface area contributed by atoms with Gasteiger partial charge >= 0.3 is 0 Å². The largest absolute Gasteiger partial charge is 0.396 e. The first-order chi connectivity index (χ1) is 11.3. The average Bonchev–Trinajstić information content (AvgIpc) is 2.57. The van der Waals surface area contributed by atoms with E-state index in [0.717, 1.165) is 49.2 Å². The highest BCUT2D eigenvalue weighted by Gasteiger charge is 2.35. The number of piperidine rings is 1. The summed E-state index contributed by atoms with van der Waals surface area (Å²) in [5.41, 5.74) is 4.42. The number of hydrogen-bond acceptors (Lipinski definition) is 3. The van der Waals surface area contributed by atoms with Crippen molar-refractivity contribution in [2.24, 2.45) is 5.41 Å². The maximum absolute atomic E-state index is 12.7. The monoisotopic (exact) mass is 332 g/mol. The molecule has 1 atom stereocenters. The number of carbonyl (C=O) groups excluding carboxylic acids is 1. The predicted octanol–water partition coefficient (Wildman–Crippen LogP) is 3.42. The van der Waals surface area contributed by atoms with Crippen LogP contribution in [0.3, 0.4) is 0 Å². The van der Waals surface area contributed by atoms with Gasteiger partial charge in [0.15, 0.2) is 0 Å². The molecule has 1 amide bonds. The van der Waals surface area contributed by atoms with Crippen LogP contribution in [-0.4, -0.2) is 41.7 Å². The molecule has 1 heterocycles. The average molecular weight is 332 g/mol. The number of benzene rings is 1. The maximum Gasteiger partial charge on any atom is 0.241 e. The molecule has 1 aliphatic heterocycles. The molecule has 4 heteroatoms. The molecule has 0 saturated carbocycles. The number of hydrogen-bond donors (Lipinski definition) is 2. The van der Waals surface area contributed by atoms with Crippen LogP contribution < -0.4 is 5.32 Å². The van der Waals surface area contributed by atoms with Gasteiger partial charge in [0, 0.05) is 12.3 Å². The van der Waals surface area contributed by atoms with Gasteiger partial charge in [0.1, 0.15) is 0 Å². The Hall–Kier alpha value is -1.39. The second kappa shape index (κ2) is 7.66. The Morgan fingerprint density at radius 1 is 1.25 bits per heavy atom. The highest BCUT2D eigenvalue weighted by molar-refractivity contribution is 5.96. The van der Waals surface area contributed by atoms with Crippen molar-refractivity contribution in [3.8, 4) is 0 Å². The number of nitrogens with zero attached hydrogens (tertiary/aromatic N) is 1. The fourth-order valence-electron chi connectivity index (χ4n) is 3.78. The second-order valence-electron chi connectivity index (χ2n) is 7.49. The van der Waals surface area contributed by atoms with E-state index in [4.69, 9.17) is 0 Å². The van der Waals surface area contributed by atoms with Gasteiger partial charge in [-0.2, -0.15) is 0 Å². The zero-order valence-electron chi connectivity index (χ0n) is 15.8. The Kier molecular flexibility index (Phi) is 6.05. The molecule has 0 radical (unpaired) electrons. The van der Waals surface area contributed by atoms with Crippen LogP contribution in [-0.2, 0) is 4.79 Å². The SMILES string of the molecule is CCC1(CO)CCN(C(C)C(=O)Nc2c(C)cc(C)cc2C)CC1. The van der Waals surface area contributed by atoms with Gasteiger partial charge in [-0.05, 0) is 76.6 Å². The Balaban J connectivity index is 2.01. The molecule has 134 valence electrons. The van der Waals surface area contributed by atoms with Gasteiger partial charge in [0.25, 0.3) is 0 Å². The molecule has 0 spiro atoms. The number of likely N-dealkylation sites (tertiary alicyclic amines) is 1. The first kappa shape index (κ1) is 18.9. The lowest BCUT2D eigenvalue weighted by Crippen LogP contribution is -2.49. The summed E-state index contributed by atoms with van der Waals surface area (Å²) in [6, 6.07) is 4.05. The summed E-state index contributed by atoms with van der Waals surface area (Å²) in [6.07, 6.45) is 2.92. The summed E-state index contributed by atoms with van der Waals surface area (Å²) in [5.74, 6) is 0.0537. The third kappa shape index (κ3) is 3.98. The number of nitrogens with one attached hydrogen (secondary N) is 1. The zero-order chi connectivity index (χ0) is 17.9. The molecule has 0 aromatic heterocycles. The normalized spacial score (nSPS) is 19.1. The molecule has 2 rings (SSSR count). The Labute approximate surface area is 146 Å². The summed E-state index contributed by atoms with van der Waals surface area (Å²) in [4.78, 5) is 14.9. The molecule has 1 unspecified atom stereocenters. The summed E-state index contributed by atoms with van der Waals surface area (Å²) in [7, 11) is 0. The lowest BCUT2D eigenvalue weighted by molar-refractivity contribution is -0.121. The van der Waals surface area contributed by atoms with Gasteiger partial charge in [-0.1, -0.05) is 24.6 Å². The van der Waals surface area contributed by atoms with E-state index in [-0.39, 0.29) is 24.0 Å². The lowest BCUT2D eigenvalue weighted by Gasteiger charge is -2.42. The van der Waals surface area contributed by atoms with Gasteiger partial charge in [0.2, 0.25) is 5.91 Å². The molecule has 0 aliphatic carbocycles. The molecule has 1 aromatic carbocycles. The number of aryl methyl sites for hydroxylation is 3. The summed E-state index contributed by atoms with van der Waals surface area (Å²) < 4.78 is 0. The van der Waals surface area contributed by atoms with E-state index in [2.05, 4.69) is 36.2 Å². The fraction of sp³-hybridized carbons (Fsp3) is 0.650. The van der Waals surface area contributed by atoms with Crippen molar-refractivity contribution in [3.63, 3.8) is 0 Å². The van der Waals surface area contributed by atoms with E-state index in [1.807, 2.05) is 20.8 Å². The highest BCUT2D eigenvalue weighted by Crippen LogP contribution is 2.35. The molecule has 0 bridgehead atoms. The fourth-order valence-corrected chi connectivity index (χ4v) is 3.78. The summed E-state index contributed by atoms with van der Waals surface area (Å²) >= 11 is 0. The number of carbonyl (C=O) groups is 1. The topological polar surface area (TPSA) is 52.6 Å². The molecule has 1 fully saturated rings. The van der Waals surface area contributed by atoms with Crippen LogP contribution in [0.1, 0.15) is 49.8 Å². The quantitative estimate of drug-likeness (QED) is 0.868. The summed E-state index contributed by atoms with van der Waals surface area (Å²) in [5, 5.41) is 12.8. The van der Waals surface area contributed by atoms with Crippen molar-refractivity contribution in [1.29, 1.82) is 0 Å². The van der Waals surface area contributed by atoms with Crippen molar-refractivity contribution in [3.05, 3.63) is 28.8 Å². The smallest absolute Gasteiger partial charge is 0.241 e. The lowest BCUT2D eigenvalue weighted by atomic mass is 9.76. The van der Waals surface area contributed by atoms with Crippen molar-refractivity contribution in [2.45, 2.75) is 59.9 Å². The molecule has 1 saturated heterocycles. The maximum atomic E-state index is 12.7. The number of aliphatic hydroxyl groups is 1. The van der Waals surface area contributed by atoms with E-state index in [0.29, 0.717) is 0 Å². The van der Waals surface area contributed by atoms with Gasteiger partial charge in [0.05, 0.1) is 6.04 Å². The Morgan fingerprint density at radius 3 is 2.25 bits per heavy atom. The predicted molar refractivity (Wildman–Crippen MR) is 99.4 cm³/mol. The Bertz CT molecular complexity index is 560. The first-order valence-electron chi connectivity index (χ1n) is 9.05. The zero-order valence-corrected chi connectivity index (χ0v) is 15.8. The molecule has 4 nitrogen and oxygen atoms in total. The van der Waals surface area contributed by atoms with Gasteiger partial charge in [-0.3, -0.25) is 9.69 Å². The van der Waals surface area contributed by atoms with Crippen LogP contribution in [0.25, 0.3) is 0 Å². The van der Waals surface area contributed by atoms with Gasteiger partial charge < -0.3 is 10.4 Å². The van der Waals surface area contributed by atoms with Crippen molar-refractivity contribution in [2.75, 3.05) is 25.0 Å². The van der Waals surface area contributed by atoms with Crippen molar-refractivity contribution < 1.29 is 9.90 Å². The van der Waals surface area contributed by atoms with Crippen molar-refractivity contribution >= 4 is 11.6 Å². The number of anilines is 1. The van der Waals surface area contributed by atoms with Crippen LogP contribution in [0, 0.1) is 26.2 Å². The van der Waals surface area contributed by atoms with Crippen LogP contribution in [0.5, 0.6) is 0 Å². The molecule has 24 heavy (non-hydrogen) atoms. The van der Waals surface area contributed by atoms with Crippen LogP contribution in [0.4, 0.5) is 5.69 Å². The molecular formula is C20H32N2O2. The summed E-state index contributed by atoms with van der Waals surface area (Å²) in [6.45, 7) is 12.3. The van der Waals surface area contributed by atoms with E-state index in [9.17, 15) is 9.90 Å². The van der Waals surface area contributed by atoms with Crippen LogP contribution >= 0.6 is 0 Å². The minimum Gasteiger partial charge on any atom is -0.396 e. The minimum atomic E-state index is -0.154. The standard InChI is InChI=1S/C20H32N2O2/c1-6-20(13-23)7-9-22(10-8-20)17(5)19(24)21-18-15(3)11-14(2)12-16(18)4/h11-12,17,23H,6-10,13H2,1-5H3,(H,21,24). The molecule has 1 aliphatic rings. The van der Waals surface area contributed by atoms with Gasteiger partial charge in [-0.15, -0.1) is 0 Å². The Morgan fingerprint density at radius 2 is 1.79 bits per heavy atom. The van der Waals surface area contributed by atoms with Crippen LogP contribution in [0.2, 0.25) is 0 Å². The highest BCUT2D eigenvalue weighted by atomic mass is 16.3. The number of amides is 1. The molecular weight excluding hydrogens is 300 g/mol. The van der Waals surface area contributed by atoms with Crippen molar-refractivity contribution in [1.82, 2.24) is 4.90 Å². The molecule has 2 N–H and O–H groups in total. The van der Waals surface area contributed by atoms with E-state index in [1.54, 1.807) is 0 Å². The van der Waals surface area contributed by atoms with E-state index in [1.165, 1.54) is 5.56 Å². The number of aliphatic hydroxyl groups excluding tert-OH is 1.